The first-order valence-electron chi connectivity index (χ1n) is 7.39. The predicted molar refractivity (Wildman–Crippen MR) is 91.3 cm³/mol. The monoisotopic (exact) mass is 403 g/mol. The summed E-state index contributed by atoms with van der Waals surface area (Å²) in [5.41, 5.74) is -1.80. The molecule has 0 aliphatic heterocycles. The molecule has 138 valence electrons. The van der Waals surface area contributed by atoms with Crippen molar-refractivity contribution in [2.75, 3.05) is 11.9 Å². The Kier molecular flexibility index (Phi) is 8.29. The number of carbonyl (C=O) groups excluding carboxylic acids is 2. The first kappa shape index (κ1) is 23.0. The van der Waals surface area contributed by atoms with Crippen LogP contribution in [0.15, 0.2) is 33.9 Å². The summed E-state index contributed by atoms with van der Waals surface area (Å²) in [5, 5.41) is 13.7. The van der Waals surface area contributed by atoms with Gasteiger partial charge in [-0.1, -0.05) is 11.6 Å². The number of rotatable bonds is 6. The van der Waals surface area contributed by atoms with Gasteiger partial charge < -0.3 is 20.0 Å². The first-order valence-corrected chi connectivity index (χ1v) is 7.77. The Balaban J connectivity index is 0.00000364. The summed E-state index contributed by atoms with van der Waals surface area (Å²) in [4.78, 5) is 47.1. The molecule has 1 aromatic carbocycles. The van der Waals surface area contributed by atoms with Crippen molar-refractivity contribution in [2.45, 2.75) is 13.5 Å². The number of anilines is 1. The molecule has 0 aliphatic carbocycles. The molecule has 2 aromatic rings. The number of aromatic nitrogens is 2. The standard InChI is InChI=1S/C16H16ClN3O6.Na/c1-9-14(15(24)19(2)16(25)20(9)7-13(22)23)18-12(21)8-26-11-5-3-10(17)4-6-11;/h3-6H,7-8H2,1-2H3,(H,18,21)(H,22,23);/q;+1/p-1. The van der Waals surface area contributed by atoms with Gasteiger partial charge in [0.1, 0.15) is 11.4 Å². The van der Waals surface area contributed by atoms with Crippen LogP contribution >= 0.6 is 11.6 Å². The number of halogens is 1. The van der Waals surface area contributed by atoms with Gasteiger partial charge in [0, 0.05) is 17.8 Å². The molecule has 27 heavy (non-hydrogen) atoms. The van der Waals surface area contributed by atoms with E-state index in [1.54, 1.807) is 24.3 Å². The van der Waals surface area contributed by atoms with Crippen molar-refractivity contribution >= 4 is 29.2 Å². The summed E-state index contributed by atoms with van der Waals surface area (Å²) in [6.07, 6.45) is 0. The first-order chi connectivity index (χ1) is 12.2. The number of amides is 1. The van der Waals surface area contributed by atoms with Crippen molar-refractivity contribution in [3.63, 3.8) is 0 Å². The fourth-order valence-electron chi connectivity index (χ4n) is 2.18. The van der Waals surface area contributed by atoms with Gasteiger partial charge >= 0.3 is 35.2 Å². The van der Waals surface area contributed by atoms with Gasteiger partial charge in [-0.05, 0) is 31.2 Å². The van der Waals surface area contributed by atoms with Gasteiger partial charge in [-0.25, -0.2) is 4.79 Å². The Labute approximate surface area is 180 Å². The van der Waals surface area contributed by atoms with Crippen LogP contribution in [0.3, 0.4) is 0 Å². The van der Waals surface area contributed by atoms with Crippen LogP contribution in [0.5, 0.6) is 5.75 Å². The summed E-state index contributed by atoms with van der Waals surface area (Å²) < 4.78 is 6.80. The van der Waals surface area contributed by atoms with E-state index in [-0.39, 0.29) is 40.9 Å². The molecule has 1 amide bonds. The van der Waals surface area contributed by atoms with Gasteiger partial charge in [0.2, 0.25) is 0 Å². The second kappa shape index (κ2) is 9.75. The molecule has 0 spiro atoms. The SMILES string of the molecule is Cc1c(NC(=O)COc2ccc(Cl)cc2)c(=O)n(C)c(=O)n1CC(=O)[O-].[Na+]. The van der Waals surface area contributed by atoms with Crippen LogP contribution in [0.4, 0.5) is 5.69 Å². The predicted octanol–water partition coefficient (Wildman–Crippen LogP) is -3.72. The van der Waals surface area contributed by atoms with Gasteiger partial charge in [0.25, 0.3) is 11.5 Å². The Morgan fingerprint density at radius 3 is 2.37 bits per heavy atom. The van der Waals surface area contributed by atoms with Crippen molar-refractivity contribution < 1.29 is 49.0 Å². The third-order valence-electron chi connectivity index (χ3n) is 3.54. The molecule has 9 nitrogen and oxygen atoms in total. The number of ether oxygens (including phenoxy) is 1. The van der Waals surface area contributed by atoms with Crippen LogP contribution in [0.25, 0.3) is 0 Å². The summed E-state index contributed by atoms with van der Waals surface area (Å²) in [7, 11) is 1.18. The second-order valence-corrected chi connectivity index (χ2v) is 5.79. The molecule has 2 rings (SSSR count). The van der Waals surface area contributed by atoms with Crippen LogP contribution in [0.1, 0.15) is 5.69 Å². The number of carboxylic acid groups (broad SMARTS) is 1. The Morgan fingerprint density at radius 1 is 1.22 bits per heavy atom. The molecule has 1 heterocycles. The third kappa shape index (κ3) is 5.70. The molecule has 1 N–H and O–H groups in total. The van der Waals surface area contributed by atoms with Crippen LogP contribution in [0.2, 0.25) is 5.02 Å². The average molecular weight is 404 g/mol. The van der Waals surface area contributed by atoms with E-state index >= 15 is 0 Å². The quantitative estimate of drug-likeness (QED) is 0.495. The van der Waals surface area contributed by atoms with Gasteiger partial charge in [0.15, 0.2) is 6.61 Å². The van der Waals surface area contributed by atoms with Crippen molar-refractivity contribution in [1.82, 2.24) is 9.13 Å². The number of nitrogens with zero attached hydrogens (tertiary/aromatic N) is 2. The van der Waals surface area contributed by atoms with E-state index in [1.165, 1.54) is 14.0 Å². The van der Waals surface area contributed by atoms with Gasteiger partial charge in [-0.2, -0.15) is 0 Å². The fraction of sp³-hybridized carbons (Fsp3) is 0.250. The molecule has 0 saturated carbocycles. The van der Waals surface area contributed by atoms with E-state index in [9.17, 15) is 24.3 Å². The Hall–Kier alpha value is -2.07. The summed E-state index contributed by atoms with van der Waals surface area (Å²) >= 11 is 5.75. The maximum absolute atomic E-state index is 12.2. The number of aliphatic carboxylic acids is 1. The molecule has 0 bridgehead atoms. The van der Waals surface area contributed by atoms with Crippen molar-refractivity contribution in [1.29, 1.82) is 0 Å². The number of carbonyl (C=O) groups is 2. The van der Waals surface area contributed by atoms with Gasteiger partial charge in [-0.15, -0.1) is 0 Å². The zero-order valence-corrected chi connectivity index (χ0v) is 17.7. The second-order valence-electron chi connectivity index (χ2n) is 5.36. The topological polar surface area (TPSA) is 122 Å². The molecule has 0 unspecified atom stereocenters. The smallest absolute Gasteiger partial charge is 0.548 e. The van der Waals surface area contributed by atoms with Crippen LogP contribution in [-0.4, -0.2) is 27.6 Å². The van der Waals surface area contributed by atoms with Gasteiger partial charge in [0.05, 0.1) is 12.5 Å². The molecule has 0 aliphatic rings. The largest absolute Gasteiger partial charge is 1.00 e. The zero-order chi connectivity index (χ0) is 19.4. The molecular weight excluding hydrogens is 389 g/mol. The van der Waals surface area contributed by atoms with Crippen LogP contribution in [-0.2, 0) is 23.2 Å². The molecule has 0 radical (unpaired) electrons. The molecule has 0 saturated heterocycles. The minimum atomic E-state index is -1.50. The van der Waals surface area contributed by atoms with Crippen LogP contribution in [0, 0.1) is 6.92 Å². The summed E-state index contributed by atoms with van der Waals surface area (Å²) in [5.74, 6) is -1.76. The Morgan fingerprint density at radius 2 is 1.81 bits per heavy atom. The normalized spacial score (nSPS) is 10.0. The maximum Gasteiger partial charge on any atom is 1.00 e. The summed E-state index contributed by atoms with van der Waals surface area (Å²) in [6, 6.07) is 6.31. The van der Waals surface area contributed by atoms with Crippen molar-refractivity contribution in [3.8, 4) is 5.75 Å². The number of hydrogen-bond acceptors (Lipinski definition) is 6. The third-order valence-corrected chi connectivity index (χ3v) is 3.79. The summed E-state index contributed by atoms with van der Waals surface area (Å²) in [6.45, 7) is 0.203. The van der Waals surface area contributed by atoms with E-state index in [2.05, 4.69) is 5.32 Å². The molecule has 1 aromatic heterocycles. The van der Waals surface area contributed by atoms with Crippen molar-refractivity contribution in [3.05, 3.63) is 55.8 Å². The molecule has 0 atom stereocenters. The van der Waals surface area contributed by atoms with Gasteiger partial charge in [-0.3, -0.25) is 18.7 Å². The van der Waals surface area contributed by atoms with E-state index in [0.29, 0.717) is 15.3 Å². The molecule has 0 fully saturated rings. The van der Waals surface area contributed by atoms with Crippen LogP contribution < -0.4 is 56.0 Å². The Bertz CT molecular complexity index is 968. The molecular formula is C16H15ClN3NaO6. The number of benzene rings is 1. The van der Waals surface area contributed by atoms with Crippen molar-refractivity contribution in [2.24, 2.45) is 7.05 Å². The van der Waals surface area contributed by atoms with E-state index in [1.807, 2.05) is 0 Å². The maximum atomic E-state index is 12.2. The number of hydrogen-bond donors (Lipinski definition) is 1. The minimum Gasteiger partial charge on any atom is -0.548 e. The minimum absolute atomic E-state index is 0. The number of carboxylic acids is 1. The van der Waals surface area contributed by atoms with E-state index < -0.39 is 36.3 Å². The molecule has 11 heteroatoms. The van der Waals surface area contributed by atoms with E-state index in [0.717, 1.165) is 4.57 Å². The fourth-order valence-corrected chi connectivity index (χ4v) is 2.31. The van der Waals surface area contributed by atoms with E-state index in [4.69, 9.17) is 16.3 Å². The average Bonchev–Trinajstić information content (AvgIpc) is 2.60. The zero-order valence-electron chi connectivity index (χ0n) is 14.9. The number of nitrogens with one attached hydrogen (secondary N) is 1.